The third kappa shape index (κ3) is 3.41. The van der Waals surface area contributed by atoms with Crippen LogP contribution in [0.15, 0.2) is 24.3 Å². The molecule has 3 rings (SSSR count). The summed E-state index contributed by atoms with van der Waals surface area (Å²) in [6, 6.07) is 7.25. The highest BCUT2D eigenvalue weighted by Gasteiger charge is 2.52. The third-order valence-corrected chi connectivity index (χ3v) is 5.49. The molecule has 1 heterocycles. The molecule has 124 valence electrons. The Labute approximate surface area is 137 Å². The van der Waals surface area contributed by atoms with Crippen LogP contribution >= 0.6 is 0 Å². The zero-order chi connectivity index (χ0) is 16.6. The number of hydrogen-bond acceptors (Lipinski definition) is 2. The van der Waals surface area contributed by atoms with E-state index >= 15 is 0 Å². The van der Waals surface area contributed by atoms with E-state index in [-0.39, 0.29) is 11.3 Å². The first-order valence-electron chi connectivity index (χ1n) is 8.48. The second-order valence-corrected chi connectivity index (χ2v) is 7.68. The van der Waals surface area contributed by atoms with E-state index in [2.05, 4.69) is 13.8 Å². The van der Waals surface area contributed by atoms with Crippen molar-refractivity contribution in [2.75, 3.05) is 13.1 Å². The second kappa shape index (κ2) is 5.99. The smallest absolute Gasteiger partial charge is 0.335 e. The van der Waals surface area contributed by atoms with Crippen LogP contribution in [0.25, 0.3) is 0 Å². The number of carboxylic acid groups (broad SMARTS) is 1. The van der Waals surface area contributed by atoms with Gasteiger partial charge in [0.2, 0.25) is 5.91 Å². The normalized spacial score (nSPS) is 23.6. The van der Waals surface area contributed by atoms with Crippen molar-refractivity contribution in [3.8, 4) is 0 Å². The number of benzene rings is 1. The summed E-state index contributed by atoms with van der Waals surface area (Å²) in [7, 11) is 0. The predicted molar refractivity (Wildman–Crippen MR) is 88.3 cm³/mol. The first-order valence-corrected chi connectivity index (χ1v) is 8.48. The Morgan fingerprint density at radius 3 is 2.39 bits per heavy atom. The van der Waals surface area contributed by atoms with Crippen molar-refractivity contribution in [1.82, 2.24) is 4.90 Å². The lowest BCUT2D eigenvalue weighted by Crippen LogP contribution is -2.40. The van der Waals surface area contributed by atoms with Crippen LogP contribution in [0.5, 0.6) is 0 Å². The molecule has 4 heteroatoms. The molecular formula is C19H25NO3. The molecule has 0 spiro atoms. The van der Waals surface area contributed by atoms with Crippen LogP contribution in [0.2, 0.25) is 0 Å². The zero-order valence-electron chi connectivity index (χ0n) is 13.9. The van der Waals surface area contributed by atoms with E-state index in [4.69, 9.17) is 0 Å². The Hall–Kier alpha value is -1.84. The van der Waals surface area contributed by atoms with Gasteiger partial charge in [-0.1, -0.05) is 32.0 Å². The lowest BCUT2D eigenvalue weighted by molar-refractivity contribution is -0.134. The SMILES string of the molecule is CC1(C)C[C@@H]1C(=O)N1CCC(Cc2ccccc2C(=O)O)CC1. The molecule has 1 saturated carbocycles. The number of carbonyl (C=O) groups excluding carboxylic acids is 1. The highest BCUT2D eigenvalue weighted by molar-refractivity contribution is 5.89. The predicted octanol–water partition coefficient (Wildman–Crippen LogP) is 3.21. The molecule has 0 radical (unpaired) electrons. The minimum atomic E-state index is -0.857. The van der Waals surface area contributed by atoms with Crippen molar-refractivity contribution in [3.05, 3.63) is 35.4 Å². The average molecular weight is 315 g/mol. The van der Waals surface area contributed by atoms with E-state index in [0.29, 0.717) is 17.4 Å². The number of rotatable bonds is 4. The Balaban J connectivity index is 1.56. The average Bonchev–Trinajstić information content (AvgIpc) is 3.16. The van der Waals surface area contributed by atoms with Gasteiger partial charge in [-0.05, 0) is 48.6 Å². The van der Waals surface area contributed by atoms with Gasteiger partial charge in [0, 0.05) is 19.0 Å². The summed E-state index contributed by atoms with van der Waals surface area (Å²) in [5, 5.41) is 9.27. The van der Waals surface area contributed by atoms with Gasteiger partial charge in [-0.25, -0.2) is 4.79 Å². The number of nitrogens with zero attached hydrogens (tertiary/aromatic N) is 1. The quantitative estimate of drug-likeness (QED) is 0.928. The van der Waals surface area contributed by atoms with Gasteiger partial charge in [0.1, 0.15) is 0 Å². The van der Waals surface area contributed by atoms with E-state index in [1.807, 2.05) is 17.0 Å². The lowest BCUT2D eigenvalue weighted by Gasteiger charge is -2.32. The molecule has 0 unspecified atom stereocenters. The largest absolute Gasteiger partial charge is 0.478 e. The molecule has 1 amide bonds. The van der Waals surface area contributed by atoms with Crippen LogP contribution in [-0.4, -0.2) is 35.0 Å². The Morgan fingerprint density at radius 2 is 1.83 bits per heavy atom. The Kier molecular flexibility index (Phi) is 4.17. The number of likely N-dealkylation sites (tertiary alicyclic amines) is 1. The molecule has 1 aromatic carbocycles. The number of carboxylic acids is 1. The van der Waals surface area contributed by atoms with Gasteiger partial charge in [-0.15, -0.1) is 0 Å². The first-order chi connectivity index (χ1) is 10.9. The van der Waals surface area contributed by atoms with Crippen molar-refractivity contribution in [2.24, 2.45) is 17.3 Å². The maximum Gasteiger partial charge on any atom is 0.335 e. The fourth-order valence-corrected chi connectivity index (χ4v) is 3.68. The fraction of sp³-hybridized carbons (Fsp3) is 0.579. The molecule has 1 N–H and O–H groups in total. The van der Waals surface area contributed by atoms with Crippen LogP contribution in [0, 0.1) is 17.3 Å². The molecule has 1 aromatic rings. The number of aromatic carboxylic acids is 1. The molecule has 4 nitrogen and oxygen atoms in total. The van der Waals surface area contributed by atoms with Crippen LogP contribution in [0.3, 0.4) is 0 Å². The molecule has 2 aliphatic rings. The van der Waals surface area contributed by atoms with Crippen molar-refractivity contribution >= 4 is 11.9 Å². The van der Waals surface area contributed by atoms with Crippen LogP contribution in [-0.2, 0) is 11.2 Å². The number of carbonyl (C=O) groups is 2. The summed E-state index contributed by atoms with van der Waals surface area (Å²) in [5.41, 5.74) is 1.51. The molecule has 2 fully saturated rings. The van der Waals surface area contributed by atoms with Gasteiger partial charge in [0.25, 0.3) is 0 Å². The van der Waals surface area contributed by atoms with Crippen molar-refractivity contribution < 1.29 is 14.7 Å². The molecule has 1 aliphatic heterocycles. The van der Waals surface area contributed by atoms with Crippen LogP contribution < -0.4 is 0 Å². The molecule has 1 saturated heterocycles. The molecule has 0 aromatic heterocycles. The van der Waals surface area contributed by atoms with Crippen LogP contribution in [0.4, 0.5) is 0 Å². The van der Waals surface area contributed by atoms with Gasteiger partial charge >= 0.3 is 5.97 Å². The number of hydrogen-bond donors (Lipinski definition) is 1. The number of amides is 1. The minimum Gasteiger partial charge on any atom is -0.478 e. The summed E-state index contributed by atoms with van der Waals surface area (Å²) in [6.07, 6.45) is 3.73. The van der Waals surface area contributed by atoms with Gasteiger partial charge in [-0.3, -0.25) is 4.79 Å². The fourth-order valence-electron chi connectivity index (χ4n) is 3.68. The standard InChI is InChI=1S/C19H25NO3/c1-19(2)12-16(19)17(21)20-9-7-13(8-10-20)11-14-5-3-4-6-15(14)18(22)23/h3-6,13,16H,7-12H2,1-2H3,(H,22,23)/t16-/m1/s1. The topological polar surface area (TPSA) is 57.6 Å². The van der Waals surface area contributed by atoms with E-state index in [1.165, 1.54) is 0 Å². The Bertz CT molecular complexity index is 615. The highest BCUT2D eigenvalue weighted by Crippen LogP contribution is 2.52. The second-order valence-electron chi connectivity index (χ2n) is 7.68. The van der Waals surface area contributed by atoms with Crippen LogP contribution in [0.1, 0.15) is 49.0 Å². The molecule has 1 aliphatic carbocycles. The first kappa shape index (κ1) is 16.0. The van der Waals surface area contributed by atoms with Gasteiger partial charge in [0.15, 0.2) is 0 Å². The van der Waals surface area contributed by atoms with Gasteiger partial charge in [0.05, 0.1) is 5.56 Å². The maximum atomic E-state index is 12.4. The van der Waals surface area contributed by atoms with E-state index in [1.54, 1.807) is 12.1 Å². The van der Waals surface area contributed by atoms with Gasteiger partial charge < -0.3 is 10.0 Å². The molecular weight excluding hydrogens is 290 g/mol. The molecule has 23 heavy (non-hydrogen) atoms. The minimum absolute atomic E-state index is 0.189. The lowest BCUT2D eigenvalue weighted by atomic mass is 9.88. The van der Waals surface area contributed by atoms with E-state index < -0.39 is 5.97 Å². The summed E-state index contributed by atoms with van der Waals surface area (Å²) in [4.78, 5) is 25.7. The Morgan fingerprint density at radius 1 is 1.22 bits per heavy atom. The summed E-state index contributed by atoms with van der Waals surface area (Å²) in [5.74, 6) is 0.141. The summed E-state index contributed by atoms with van der Waals surface area (Å²) >= 11 is 0. The molecule has 0 bridgehead atoms. The van der Waals surface area contributed by atoms with Crippen molar-refractivity contribution in [2.45, 2.75) is 39.5 Å². The van der Waals surface area contributed by atoms with E-state index in [0.717, 1.165) is 44.3 Å². The molecule has 1 atom stereocenters. The third-order valence-electron chi connectivity index (χ3n) is 5.49. The zero-order valence-corrected chi connectivity index (χ0v) is 13.9. The maximum absolute atomic E-state index is 12.4. The highest BCUT2D eigenvalue weighted by atomic mass is 16.4. The van der Waals surface area contributed by atoms with Crippen molar-refractivity contribution in [1.29, 1.82) is 0 Å². The van der Waals surface area contributed by atoms with Crippen molar-refractivity contribution in [3.63, 3.8) is 0 Å². The monoisotopic (exact) mass is 315 g/mol. The summed E-state index contributed by atoms with van der Waals surface area (Å²) < 4.78 is 0. The van der Waals surface area contributed by atoms with E-state index in [9.17, 15) is 14.7 Å². The van der Waals surface area contributed by atoms with Gasteiger partial charge in [-0.2, -0.15) is 0 Å². The number of piperidine rings is 1. The summed E-state index contributed by atoms with van der Waals surface area (Å²) in [6.45, 7) is 5.94.